The summed E-state index contributed by atoms with van der Waals surface area (Å²) < 4.78 is 14.8. The average molecular weight is 907 g/mol. The number of hydrogen-bond donors (Lipinski definition) is 7. The lowest BCUT2D eigenvalue weighted by Gasteiger charge is -2.48. The number of phenols is 1. The number of ketones is 1. The summed E-state index contributed by atoms with van der Waals surface area (Å²) in [6.45, 7) is 17.0. The molecule has 4 rings (SSSR count). The van der Waals surface area contributed by atoms with Gasteiger partial charge in [0.25, 0.3) is 11.8 Å². The van der Waals surface area contributed by atoms with Gasteiger partial charge in [0.2, 0.25) is 29.4 Å². The van der Waals surface area contributed by atoms with Gasteiger partial charge in [-0.05, 0) is 73.5 Å². The SMILES string of the molecule is C/C=C\NC(=O)[C@@H]1NC(=O)[C@H](CC(N)=O)NC(=O)[C@@H](NC(=O)C(=O)[C@H](C)CC)Cc2ccc(O)c(c2)-c2cccc3c2NC(=O)[C@@]3(O[Si](CC)(CC)CC)[C@@H]1O[Si](CC)(CC)CC. The first-order valence-electron chi connectivity index (χ1n) is 22.2. The molecule has 2 aromatic rings. The van der Waals surface area contributed by atoms with Crippen LogP contribution in [0.4, 0.5) is 5.69 Å². The van der Waals surface area contributed by atoms with E-state index in [1.54, 1.807) is 57.2 Å². The number of carbonyl (C=O) groups excluding carboxylic acids is 7. The molecule has 6 atom stereocenters. The van der Waals surface area contributed by atoms with E-state index in [1.165, 1.54) is 12.3 Å². The van der Waals surface area contributed by atoms with E-state index >= 15 is 4.79 Å². The van der Waals surface area contributed by atoms with Crippen molar-refractivity contribution in [2.45, 2.75) is 148 Å². The summed E-state index contributed by atoms with van der Waals surface area (Å²) in [5, 5.41) is 25.1. The molecule has 0 unspecified atom stereocenters. The number of carbonyl (C=O) groups is 7. The van der Waals surface area contributed by atoms with Crippen molar-refractivity contribution in [3.05, 3.63) is 59.8 Å². The normalized spacial score (nSPS) is 22.1. The van der Waals surface area contributed by atoms with E-state index in [0.717, 1.165) is 0 Å². The third-order valence-electron chi connectivity index (χ3n) is 13.1. The van der Waals surface area contributed by atoms with Gasteiger partial charge in [-0.15, -0.1) is 0 Å². The van der Waals surface area contributed by atoms with Crippen LogP contribution in [-0.4, -0.2) is 87.2 Å². The van der Waals surface area contributed by atoms with Gasteiger partial charge in [-0.2, -0.15) is 0 Å². The minimum atomic E-state index is -2.90. The van der Waals surface area contributed by atoms with Crippen LogP contribution in [0, 0.1) is 5.92 Å². The summed E-state index contributed by atoms with van der Waals surface area (Å²) in [7, 11) is -5.80. The first-order valence-corrected chi connectivity index (χ1v) is 27.3. The van der Waals surface area contributed by atoms with Crippen molar-refractivity contribution in [2.75, 3.05) is 5.32 Å². The molecule has 0 aliphatic carbocycles. The van der Waals surface area contributed by atoms with Crippen LogP contribution >= 0.6 is 0 Å². The van der Waals surface area contributed by atoms with E-state index < -0.39 is 100 Å². The van der Waals surface area contributed by atoms with E-state index in [1.807, 2.05) is 41.5 Å². The molecule has 0 saturated carbocycles. The van der Waals surface area contributed by atoms with Crippen molar-refractivity contribution in [1.29, 1.82) is 0 Å². The summed E-state index contributed by atoms with van der Waals surface area (Å²) in [4.78, 5) is 98.4. The van der Waals surface area contributed by atoms with Gasteiger partial charge in [0.15, 0.2) is 22.2 Å². The van der Waals surface area contributed by atoms with Crippen LogP contribution in [0.3, 0.4) is 0 Å². The fraction of sp³-hybridized carbons (Fsp3) is 0.533. The third-order valence-corrected chi connectivity index (χ3v) is 22.3. The summed E-state index contributed by atoms with van der Waals surface area (Å²) in [5.41, 5.74) is 5.29. The zero-order valence-electron chi connectivity index (χ0n) is 38.1. The van der Waals surface area contributed by atoms with Crippen molar-refractivity contribution in [3.63, 3.8) is 0 Å². The highest BCUT2D eigenvalue weighted by Crippen LogP contribution is 2.52. The van der Waals surface area contributed by atoms with Crippen LogP contribution in [0.25, 0.3) is 11.1 Å². The van der Waals surface area contributed by atoms with Crippen molar-refractivity contribution in [1.82, 2.24) is 21.3 Å². The number of para-hydroxylation sites is 1. The number of phenolic OH excluding ortho intramolecular Hbond substituents is 1. The van der Waals surface area contributed by atoms with Gasteiger partial charge < -0.3 is 46.3 Å². The quantitative estimate of drug-likeness (QED) is 0.0798. The minimum absolute atomic E-state index is 0.170. The fourth-order valence-electron chi connectivity index (χ4n) is 8.43. The molecule has 2 aromatic carbocycles. The Morgan fingerprint density at radius 2 is 1.54 bits per heavy atom. The first-order chi connectivity index (χ1) is 29.9. The zero-order chi connectivity index (χ0) is 46.9. The van der Waals surface area contributed by atoms with Crippen LogP contribution < -0.4 is 32.3 Å². The molecule has 2 aliphatic rings. The van der Waals surface area contributed by atoms with Crippen molar-refractivity contribution in [3.8, 4) is 16.9 Å². The summed E-state index contributed by atoms with van der Waals surface area (Å²) in [5.74, 6) is -6.96. The Morgan fingerprint density at radius 3 is 2.11 bits per heavy atom. The Balaban J connectivity index is 2.20. The second kappa shape index (κ2) is 21.5. The van der Waals surface area contributed by atoms with Gasteiger partial charge in [-0.25, -0.2) is 0 Å². The summed E-state index contributed by atoms with van der Waals surface area (Å²) >= 11 is 0. The number of hydrogen-bond acceptors (Lipinski definition) is 10. The summed E-state index contributed by atoms with van der Waals surface area (Å²) in [6.07, 6.45) is 0.800. The molecule has 0 radical (unpaired) electrons. The molecule has 2 heterocycles. The molecule has 344 valence electrons. The fourth-order valence-corrected chi connectivity index (χ4v) is 14.2. The Hall–Kier alpha value is -5.18. The number of rotatable bonds is 18. The smallest absolute Gasteiger partial charge is 0.288 e. The number of allylic oxidation sites excluding steroid dienone is 1. The number of fused-ring (bicyclic) bond motifs is 3. The highest BCUT2D eigenvalue weighted by Gasteiger charge is 2.63. The van der Waals surface area contributed by atoms with E-state index in [0.29, 0.717) is 59.4 Å². The highest BCUT2D eigenvalue weighted by atomic mass is 28.4. The van der Waals surface area contributed by atoms with Crippen LogP contribution in [-0.2, 0) is 54.4 Å². The molecule has 8 N–H and O–H groups in total. The van der Waals surface area contributed by atoms with E-state index in [-0.39, 0.29) is 23.4 Å². The lowest BCUT2D eigenvalue weighted by atomic mass is 9.83. The molecular weight excluding hydrogens is 841 g/mol. The number of benzene rings is 2. The number of anilines is 1. The topological polar surface area (TPSA) is 244 Å². The molecule has 63 heavy (non-hydrogen) atoms. The molecule has 0 fully saturated rings. The molecular formula is C45H66N6O10Si2. The second-order valence-corrected chi connectivity index (χ2v) is 25.9. The number of nitrogens with two attached hydrogens (primary N) is 1. The van der Waals surface area contributed by atoms with E-state index in [9.17, 15) is 33.9 Å². The van der Waals surface area contributed by atoms with E-state index in [2.05, 4.69) is 26.6 Å². The van der Waals surface area contributed by atoms with Crippen molar-refractivity contribution in [2.24, 2.45) is 11.7 Å². The van der Waals surface area contributed by atoms with Gasteiger partial charge in [0, 0.05) is 29.0 Å². The predicted molar refractivity (Wildman–Crippen MR) is 245 cm³/mol. The number of Topliss-reactive ketones (excluding diaryl/α,β-unsaturated/α-hetero) is 1. The molecule has 6 bridgehead atoms. The maximum Gasteiger partial charge on any atom is 0.288 e. The standard InChI is InChI=1S/C45H66N6O10Si2/c1-10-23-47-42(57)37-39(60-62(12-3,13-4)14-5)45(61-63(15-6,16-7)17-8)31-20-18-19-29(36(31)51-44(45)59)30-24-28(21-22-34(30)52)25-32(49-43(58)38(54)27(9)11-2)40(55)48-33(26-35(46)53)41(56)50-37/h10,18-24,27,32-33,37,39,52H,11-17,25-26H2,1-9H3,(H2,46,53)(H,47,57)(H,48,55)(H,49,58)(H,50,56)(H,51,59)/b23-10-/t27-,32+,33+,37-,39-,45+/m1/s1. The average Bonchev–Trinajstić information content (AvgIpc) is 3.56. The second-order valence-electron chi connectivity index (χ2n) is 16.5. The third kappa shape index (κ3) is 10.6. The van der Waals surface area contributed by atoms with Crippen molar-refractivity contribution < 1.29 is 47.5 Å². The van der Waals surface area contributed by atoms with Crippen molar-refractivity contribution >= 4 is 63.5 Å². The van der Waals surface area contributed by atoms with Crippen LogP contribution in [0.5, 0.6) is 5.75 Å². The first kappa shape index (κ1) is 50.5. The molecule has 2 aliphatic heterocycles. The van der Waals surface area contributed by atoms with Gasteiger partial charge in [-0.1, -0.05) is 85.7 Å². The Morgan fingerprint density at radius 1 is 0.905 bits per heavy atom. The molecule has 6 amide bonds. The zero-order valence-corrected chi connectivity index (χ0v) is 40.1. The van der Waals surface area contributed by atoms with Gasteiger partial charge in [0.1, 0.15) is 30.0 Å². The van der Waals surface area contributed by atoms with Crippen LogP contribution in [0.15, 0.2) is 48.7 Å². The lowest BCUT2D eigenvalue weighted by molar-refractivity contribution is -0.151. The van der Waals surface area contributed by atoms with Gasteiger partial charge >= 0.3 is 0 Å². The Labute approximate surface area is 372 Å². The Bertz CT molecular complexity index is 2070. The number of primary amides is 1. The van der Waals surface area contributed by atoms with Gasteiger partial charge in [-0.3, -0.25) is 33.6 Å². The highest BCUT2D eigenvalue weighted by molar-refractivity contribution is 6.74. The number of aromatic hydroxyl groups is 1. The van der Waals surface area contributed by atoms with Gasteiger partial charge in [0.05, 0.1) is 12.1 Å². The number of amides is 6. The Kier molecular flexibility index (Phi) is 17.2. The molecule has 18 heteroatoms. The molecule has 0 aromatic heterocycles. The van der Waals surface area contributed by atoms with E-state index in [4.69, 9.17) is 14.6 Å². The monoisotopic (exact) mass is 906 g/mol. The lowest BCUT2D eigenvalue weighted by Crippen LogP contribution is -2.68. The predicted octanol–water partition coefficient (Wildman–Crippen LogP) is 4.77. The number of nitrogens with one attached hydrogen (secondary N) is 5. The molecule has 0 spiro atoms. The largest absolute Gasteiger partial charge is 0.507 e. The molecule has 0 saturated heterocycles. The van der Waals surface area contributed by atoms with Crippen LogP contribution in [0.1, 0.15) is 86.3 Å². The van der Waals surface area contributed by atoms with Crippen LogP contribution in [0.2, 0.25) is 36.3 Å². The minimum Gasteiger partial charge on any atom is -0.507 e. The molecule has 16 nitrogen and oxygen atoms in total. The maximum atomic E-state index is 15.5. The maximum absolute atomic E-state index is 15.5. The summed E-state index contributed by atoms with van der Waals surface area (Å²) in [6, 6.07) is 8.30.